The highest BCUT2D eigenvalue weighted by Crippen LogP contribution is 2.27. The van der Waals surface area contributed by atoms with E-state index in [4.69, 9.17) is 28.3 Å². The Morgan fingerprint density at radius 1 is 1.47 bits per heavy atom. The summed E-state index contributed by atoms with van der Waals surface area (Å²) in [4.78, 5) is 11.3. The van der Waals surface area contributed by atoms with Crippen molar-refractivity contribution in [3.8, 4) is 0 Å². The summed E-state index contributed by atoms with van der Waals surface area (Å²) < 4.78 is 13.4. The number of urea groups is 1. The molecule has 0 aliphatic heterocycles. The smallest absolute Gasteiger partial charge is 0.319 e. The summed E-state index contributed by atoms with van der Waals surface area (Å²) in [6.45, 7) is 1.58. The molecule has 1 aromatic rings. The summed E-state index contributed by atoms with van der Waals surface area (Å²) >= 11 is 11.3. The van der Waals surface area contributed by atoms with Gasteiger partial charge in [0, 0.05) is 6.54 Å². The Bertz CT molecular complexity index is 427. The van der Waals surface area contributed by atoms with Crippen LogP contribution in [-0.4, -0.2) is 23.8 Å². The molecule has 0 aromatic heterocycles. The van der Waals surface area contributed by atoms with Gasteiger partial charge in [-0.25, -0.2) is 9.18 Å². The van der Waals surface area contributed by atoms with E-state index in [1.165, 1.54) is 13.0 Å². The average Bonchev–Trinajstić information content (AvgIpc) is 2.23. The van der Waals surface area contributed by atoms with Crippen LogP contribution in [0.3, 0.4) is 0 Å². The maximum absolute atomic E-state index is 13.4. The van der Waals surface area contributed by atoms with Crippen molar-refractivity contribution in [2.75, 3.05) is 11.9 Å². The van der Waals surface area contributed by atoms with E-state index in [0.29, 0.717) is 0 Å². The van der Waals surface area contributed by atoms with Crippen LogP contribution in [0.1, 0.15) is 6.92 Å². The quantitative estimate of drug-likeness (QED) is 0.746. The van der Waals surface area contributed by atoms with E-state index in [2.05, 4.69) is 10.6 Å². The number of carbonyl (C=O) groups is 1. The lowest BCUT2D eigenvalue weighted by Gasteiger charge is -2.10. The predicted octanol–water partition coefficient (Wildman–Crippen LogP) is 2.63. The molecule has 0 aliphatic rings. The first-order valence-electron chi connectivity index (χ1n) is 4.77. The van der Waals surface area contributed by atoms with E-state index >= 15 is 0 Å². The largest absolute Gasteiger partial charge is 0.392 e. The summed E-state index contributed by atoms with van der Waals surface area (Å²) in [5, 5.41) is 13.8. The number of hydrogen-bond acceptors (Lipinski definition) is 2. The summed E-state index contributed by atoms with van der Waals surface area (Å²) in [5.41, 5.74) is -0.0810. The van der Waals surface area contributed by atoms with Crippen LogP contribution in [0.25, 0.3) is 0 Å². The van der Waals surface area contributed by atoms with Gasteiger partial charge in [-0.2, -0.15) is 0 Å². The van der Waals surface area contributed by atoms with Gasteiger partial charge in [-0.15, -0.1) is 0 Å². The van der Waals surface area contributed by atoms with Gasteiger partial charge in [0.25, 0.3) is 0 Å². The Balaban J connectivity index is 2.68. The second-order valence-corrected chi connectivity index (χ2v) is 4.24. The van der Waals surface area contributed by atoms with E-state index in [9.17, 15) is 9.18 Å². The minimum absolute atomic E-state index is 0.0643. The van der Waals surface area contributed by atoms with Crippen molar-refractivity contribution >= 4 is 34.9 Å². The van der Waals surface area contributed by atoms with Crippen LogP contribution in [0.15, 0.2) is 12.1 Å². The van der Waals surface area contributed by atoms with Gasteiger partial charge in [0.2, 0.25) is 0 Å². The third-order valence-electron chi connectivity index (χ3n) is 1.82. The van der Waals surface area contributed by atoms with Crippen molar-refractivity contribution in [3.63, 3.8) is 0 Å². The third kappa shape index (κ3) is 4.38. The molecule has 1 atom stereocenters. The summed E-state index contributed by atoms with van der Waals surface area (Å²) in [7, 11) is 0. The first-order valence-corrected chi connectivity index (χ1v) is 5.53. The standard InChI is InChI=1S/C10H11Cl2FN2O2/c1-5(16)4-14-10(17)15-9-3-7(12)6(11)2-8(9)13/h2-3,5,16H,4H2,1H3,(H2,14,15,17)/t5-/m0/s1. The number of halogens is 3. The molecule has 0 saturated carbocycles. The second kappa shape index (κ2) is 6.05. The Morgan fingerprint density at radius 3 is 2.65 bits per heavy atom. The molecular formula is C10H11Cl2FN2O2. The number of amides is 2. The number of aliphatic hydroxyl groups is 1. The van der Waals surface area contributed by atoms with Crippen molar-refractivity contribution in [1.29, 1.82) is 0 Å². The molecule has 0 fully saturated rings. The second-order valence-electron chi connectivity index (χ2n) is 3.43. The monoisotopic (exact) mass is 280 g/mol. The minimum atomic E-state index is -0.688. The fraction of sp³-hybridized carbons (Fsp3) is 0.300. The normalized spacial score (nSPS) is 12.1. The van der Waals surface area contributed by atoms with E-state index in [-0.39, 0.29) is 22.3 Å². The first kappa shape index (κ1) is 14.0. The zero-order valence-corrected chi connectivity index (χ0v) is 10.4. The Morgan fingerprint density at radius 2 is 2.06 bits per heavy atom. The molecule has 0 saturated heterocycles. The van der Waals surface area contributed by atoms with Crippen LogP contribution in [0.5, 0.6) is 0 Å². The minimum Gasteiger partial charge on any atom is -0.392 e. The lowest BCUT2D eigenvalue weighted by atomic mass is 10.3. The fourth-order valence-corrected chi connectivity index (χ4v) is 1.34. The predicted molar refractivity (Wildman–Crippen MR) is 65.1 cm³/mol. The Kier molecular flexibility index (Phi) is 4.99. The number of carbonyl (C=O) groups excluding carboxylic acids is 1. The molecule has 0 unspecified atom stereocenters. The Hall–Kier alpha value is -1.04. The van der Waals surface area contributed by atoms with Crippen LogP contribution in [0.2, 0.25) is 10.0 Å². The van der Waals surface area contributed by atoms with E-state index in [1.54, 1.807) is 0 Å². The van der Waals surface area contributed by atoms with Gasteiger partial charge in [-0.1, -0.05) is 23.2 Å². The highest BCUT2D eigenvalue weighted by molar-refractivity contribution is 6.42. The molecule has 0 bridgehead atoms. The number of nitrogens with one attached hydrogen (secondary N) is 2. The zero-order valence-electron chi connectivity index (χ0n) is 8.93. The molecule has 7 heteroatoms. The molecule has 4 nitrogen and oxygen atoms in total. The van der Waals surface area contributed by atoms with Crippen molar-refractivity contribution in [3.05, 3.63) is 28.0 Å². The molecule has 1 rings (SSSR count). The summed E-state index contributed by atoms with van der Waals surface area (Å²) in [6, 6.07) is 1.58. The fourth-order valence-electron chi connectivity index (χ4n) is 1.03. The molecule has 0 heterocycles. The lowest BCUT2D eigenvalue weighted by molar-refractivity contribution is 0.190. The molecule has 0 spiro atoms. The van der Waals surface area contributed by atoms with Gasteiger partial charge in [0.15, 0.2) is 0 Å². The molecule has 3 N–H and O–H groups in total. The van der Waals surface area contributed by atoms with Gasteiger partial charge in [-0.05, 0) is 19.1 Å². The van der Waals surface area contributed by atoms with Crippen LogP contribution >= 0.6 is 23.2 Å². The topological polar surface area (TPSA) is 61.4 Å². The number of rotatable bonds is 3. The zero-order chi connectivity index (χ0) is 13.0. The van der Waals surface area contributed by atoms with Gasteiger partial charge < -0.3 is 15.7 Å². The maximum Gasteiger partial charge on any atom is 0.319 e. The number of aliphatic hydroxyl groups excluding tert-OH is 1. The molecule has 17 heavy (non-hydrogen) atoms. The van der Waals surface area contributed by atoms with Gasteiger partial charge in [0.1, 0.15) is 5.82 Å². The van der Waals surface area contributed by atoms with Gasteiger partial charge in [-0.3, -0.25) is 0 Å². The van der Waals surface area contributed by atoms with Crippen molar-refractivity contribution in [1.82, 2.24) is 5.32 Å². The van der Waals surface area contributed by atoms with Crippen molar-refractivity contribution in [2.45, 2.75) is 13.0 Å². The van der Waals surface area contributed by atoms with Gasteiger partial charge >= 0.3 is 6.03 Å². The number of benzene rings is 1. The third-order valence-corrected chi connectivity index (χ3v) is 2.54. The number of hydrogen-bond donors (Lipinski definition) is 3. The van der Waals surface area contributed by atoms with Crippen LogP contribution in [0, 0.1) is 5.82 Å². The summed E-state index contributed by atoms with van der Waals surface area (Å²) in [5.74, 6) is -0.688. The first-order chi connectivity index (χ1) is 7.90. The summed E-state index contributed by atoms with van der Waals surface area (Å²) in [6.07, 6.45) is -0.681. The molecule has 0 aliphatic carbocycles. The van der Waals surface area contributed by atoms with Crippen LogP contribution in [0.4, 0.5) is 14.9 Å². The molecule has 2 amide bonds. The molecule has 1 aromatic carbocycles. The average molecular weight is 281 g/mol. The van der Waals surface area contributed by atoms with E-state index in [1.807, 2.05) is 0 Å². The molecule has 0 radical (unpaired) electrons. The molecule has 94 valence electrons. The van der Waals surface area contributed by atoms with Crippen LogP contribution < -0.4 is 10.6 Å². The van der Waals surface area contributed by atoms with Crippen LogP contribution in [-0.2, 0) is 0 Å². The number of anilines is 1. The SMILES string of the molecule is C[C@H](O)CNC(=O)Nc1cc(Cl)c(Cl)cc1F. The Labute approximate surface area is 108 Å². The highest BCUT2D eigenvalue weighted by atomic mass is 35.5. The lowest BCUT2D eigenvalue weighted by Crippen LogP contribution is -2.34. The van der Waals surface area contributed by atoms with Gasteiger partial charge in [0.05, 0.1) is 21.8 Å². The van der Waals surface area contributed by atoms with Crippen molar-refractivity contribution in [2.24, 2.45) is 0 Å². The van der Waals surface area contributed by atoms with E-state index in [0.717, 1.165) is 6.07 Å². The highest BCUT2D eigenvalue weighted by Gasteiger charge is 2.10. The van der Waals surface area contributed by atoms with Crippen molar-refractivity contribution < 1.29 is 14.3 Å². The van der Waals surface area contributed by atoms with E-state index < -0.39 is 18.0 Å². The maximum atomic E-state index is 13.4. The molecular weight excluding hydrogens is 270 g/mol.